The van der Waals surface area contributed by atoms with Gasteiger partial charge in [0.1, 0.15) is 18.2 Å². The first-order valence-electron chi connectivity index (χ1n) is 11.7. The molecular formula is C29H24Cl2N2O5. The molecule has 0 atom stereocenters. The molecule has 194 valence electrons. The minimum Gasteiger partial charge on any atom is -0.490 e. The number of amides is 1. The molecule has 1 aliphatic rings. The van der Waals surface area contributed by atoms with E-state index in [1.165, 1.54) is 6.08 Å². The highest BCUT2D eigenvalue weighted by Crippen LogP contribution is 2.37. The van der Waals surface area contributed by atoms with E-state index in [-0.39, 0.29) is 24.0 Å². The summed E-state index contributed by atoms with van der Waals surface area (Å²) >= 11 is 12.2. The van der Waals surface area contributed by atoms with E-state index >= 15 is 0 Å². The Morgan fingerprint density at radius 2 is 1.97 bits per heavy atom. The molecule has 3 aromatic rings. The number of fused-ring (bicyclic) bond motifs is 1. The monoisotopic (exact) mass is 550 g/mol. The SMILES string of the molecule is C=CCc1cc(/C=C(/C#N)C(=O)Nc2cccc(Cl)c2Cl)cc(OCC)c1OCc1ccc2c(c1)OCO2. The van der Waals surface area contributed by atoms with Crippen molar-refractivity contribution in [1.82, 2.24) is 0 Å². The number of benzene rings is 3. The molecule has 7 nitrogen and oxygen atoms in total. The van der Waals surface area contributed by atoms with Crippen molar-refractivity contribution in [1.29, 1.82) is 5.26 Å². The molecule has 0 radical (unpaired) electrons. The van der Waals surface area contributed by atoms with Crippen LogP contribution in [0.5, 0.6) is 23.0 Å². The zero-order valence-corrected chi connectivity index (χ0v) is 22.1. The molecule has 0 saturated carbocycles. The van der Waals surface area contributed by atoms with Crippen LogP contribution in [0.3, 0.4) is 0 Å². The Hall–Kier alpha value is -4.12. The number of carbonyl (C=O) groups excluding carboxylic acids is 1. The molecule has 1 amide bonds. The van der Waals surface area contributed by atoms with Gasteiger partial charge in [-0.2, -0.15) is 5.26 Å². The number of ether oxygens (including phenoxy) is 4. The Morgan fingerprint density at radius 3 is 2.74 bits per heavy atom. The maximum atomic E-state index is 12.8. The smallest absolute Gasteiger partial charge is 0.266 e. The van der Waals surface area contributed by atoms with Crippen molar-refractivity contribution in [3.8, 4) is 29.1 Å². The summed E-state index contributed by atoms with van der Waals surface area (Å²) in [4.78, 5) is 12.8. The molecule has 0 aromatic heterocycles. The van der Waals surface area contributed by atoms with Gasteiger partial charge in [-0.25, -0.2) is 0 Å². The Labute approximate surface area is 230 Å². The second-order valence-corrected chi connectivity index (χ2v) is 8.92. The van der Waals surface area contributed by atoms with Crippen LogP contribution in [0.4, 0.5) is 5.69 Å². The Bertz CT molecular complexity index is 1450. The maximum absolute atomic E-state index is 12.8. The zero-order chi connectivity index (χ0) is 27.1. The Balaban J connectivity index is 1.62. The van der Waals surface area contributed by atoms with Crippen LogP contribution in [0.1, 0.15) is 23.6 Å². The molecule has 1 N–H and O–H groups in total. The van der Waals surface area contributed by atoms with E-state index in [0.717, 1.165) is 11.1 Å². The lowest BCUT2D eigenvalue weighted by Gasteiger charge is -2.17. The Kier molecular flexibility index (Phi) is 8.80. The van der Waals surface area contributed by atoms with Crippen molar-refractivity contribution in [2.75, 3.05) is 18.7 Å². The fourth-order valence-corrected chi connectivity index (χ4v) is 4.14. The van der Waals surface area contributed by atoms with Crippen LogP contribution in [0, 0.1) is 11.3 Å². The van der Waals surface area contributed by atoms with E-state index in [1.807, 2.05) is 37.3 Å². The molecule has 0 aliphatic carbocycles. The van der Waals surface area contributed by atoms with Gasteiger partial charge in [-0.15, -0.1) is 6.58 Å². The summed E-state index contributed by atoms with van der Waals surface area (Å²) in [5.41, 5.74) is 2.45. The number of halogens is 2. The van der Waals surface area contributed by atoms with Crippen LogP contribution in [0.25, 0.3) is 6.08 Å². The molecule has 4 rings (SSSR count). The largest absolute Gasteiger partial charge is 0.490 e. The third kappa shape index (κ3) is 6.23. The first-order chi connectivity index (χ1) is 18.4. The van der Waals surface area contributed by atoms with E-state index in [2.05, 4.69) is 11.9 Å². The molecule has 3 aromatic carbocycles. The summed E-state index contributed by atoms with van der Waals surface area (Å²) in [6, 6.07) is 16.0. The molecule has 0 unspecified atom stereocenters. The second kappa shape index (κ2) is 12.4. The van der Waals surface area contributed by atoms with Crippen molar-refractivity contribution in [2.45, 2.75) is 20.0 Å². The third-order valence-corrected chi connectivity index (χ3v) is 6.33. The summed E-state index contributed by atoms with van der Waals surface area (Å²) in [6.07, 6.45) is 3.69. The van der Waals surface area contributed by atoms with Gasteiger partial charge in [0.15, 0.2) is 23.0 Å². The third-order valence-electron chi connectivity index (χ3n) is 5.51. The minimum absolute atomic E-state index is 0.123. The summed E-state index contributed by atoms with van der Waals surface area (Å²) in [6.45, 7) is 6.56. The molecule has 38 heavy (non-hydrogen) atoms. The van der Waals surface area contributed by atoms with Crippen molar-refractivity contribution >= 4 is 40.9 Å². The molecule has 0 fully saturated rings. The van der Waals surface area contributed by atoms with Gasteiger partial charge in [-0.05, 0) is 66.9 Å². The molecule has 1 heterocycles. The number of anilines is 1. The topological polar surface area (TPSA) is 89.8 Å². The average molecular weight is 551 g/mol. The number of nitrogens with one attached hydrogen (secondary N) is 1. The minimum atomic E-state index is -0.622. The van der Waals surface area contributed by atoms with Crippen molar-refractivity contribution in [3.05, 3.63) is 93.5 Å². The van der Waals surface area contributed by atoms with Crippen molar-refractivity contribution < 1.29 is 23.7 Å². The number of nitrogens with zero attached hydrogens (tertiary/aromatic N) is 1. The Morgan fingerprint density at radius 1 is 1.16 bits per heavy atom. The zero-order valence-electron chi connectivity index (χ0n) is 20.6. The van der Waals surface area contributed by atoms with Crippen LogP contribution >= 0.6 is 23.2 Å². The number of carbonyl (C=O) groups is 1. The summed E-state index contributed by atoms with van der Waals surface area (Å²) in [7, 11) is 0. The normalized spacial score (nSPS) is 12.0. The highest BCUT2D eigenvalue weighted by molar-refractivity contribution is 6.44. The molecule has 1 aliphatic heterocycles. The van der Waals surface area contributed by atoms with Crippen molar-refractivity contribution in [3.63, 3.8) is 0 Å². The van der Waals surface area contributed by atoms with Crippen molar-refractivity contribution in [2.24, 2.45) is 0 Å². The van der Waals surface area contributed by atoms with Gasteiger partial charge < -0.3 is 24.3 Å². The number of hydrogen-bond acceptors (Lipinski definition) is 6. The van der Waals surface area contributed by atoms with Crippen LogP contribution in [0.15, 0.2) is 66.8 Å². The van der Waals surface area contributed by atoms with Gasteiger partial charge in [0, 0.05) is 5.56 Å². The van der Waals surface area contributed by atoms with E-state index in [4.69, 9.17) is 42.1 Å². The van der Waals surface area contributed by atoms with Gasteiger partial charge in [-0.1, -0.05) is 41.4 Å². The number of hydrogen-bond donors (Lipinski definition) is 1. The predicted octanol–water partition coefficient (Wildman–Crippen LogP) is 6.97. The first kappa shape index (κ1) is 26.9. The number of rotatable bonds is 10. The van der Waals surface area contributed by atoms with Gasteiger partial charge in [0.2, 0.25) is 6.79 Å². The van der Waals surface area contributed by atoms with E-state index < -0.39 is 5.91 Å². The average Bonchev–Trinajstić information content (AvgIpc) is 3.38. The fourth-order valence-electron chi connectivity index (χ4n) is 3.79. The van der Waals surface area contributed by atoms with E-state index in [0.29, 0.717) is 52.3 Å². The summed E-state index contributed by atoms with van der Waals surface area (Å²) < 4.78 is 22.9. The highest BCUT2D eigenvalue weighted by atomic mass is 35.5. The molecular weight excluding hydrogens is 527 g/mol. The number of nitriles is 1. The highest BCUT2D eigenvalue weighted by Gasteiger charge is 2.18. The van der Waals surface area contributed by atoms with Crippen LogP contribution in [-0.2, 0) is 17.8 Å². The van der Waals surface area contributed by atoms with Gasteiger partial charge in [-0.3, -0.25) is 4.79 Å². The summed E-state index contributed by atoms with van der Waals surface area (Å²) in [5, 5.41) is 12.8. The molecule has 0 bridgehead atoms. The standard InChI is InChI=1S/C29H24Cl2N2O5/c1-3-6-20-11-19(12-21(15-32)29(34)33-23-8-5-7-22(30)27(23)31)14-26(35-4-2)28(20)36-16-18-9-10-24-25(13-18)38-17-37-24/h3,5,7-14H,1,4,6,16-17H2,2H3,(H,33,34)/b21-12-. The molecule has 9 heteroatoms. The number of allylic oxidation sites excluding steroid dienone is 1. The van der Waals surface area contributed by atoms with E-state index in [9.17, 15) is 10.1 Å². The fraction of sp³-hybridized carbons (Fsp3) is 0.172. The van der Waals surface area contributed by atoms with Gasteiger partial charge in [0.05, 0.1) is 22.3 Å². The van der Waals surface area contributed by atoms with Crippen LogP contribution < -0.4 is 24.3 Å². The quantitative estimate of drug-likeness (QED) is 0.166. The lowest BCUT2D eigenvalue weighted by molar-refractivity contribution is -0.112. The molecule has 0 spiro atoms. The predicted molar refractivity (Wildman–Crippen MR) is 147 cm³/mol. The second-order valence-electron chi connectivity index (χ2n) is 8.13. The molecule has 0 saturated heterocycles. The first-order valence-corrected chi connectivity index (χ1v) is 12.5. The van der Waals surface area contributed by atoms with Crippen LogP contribution in [-0.4, -0.2) is 19.3 Å². The lowest BCUT2D eigenvalue weighted by atomic mass is 10.0. The van der Waals surface area contributed by atoms with Gasteiger partial charge in [0.25, 0.3) is 5.91 Å². The maximum Gasteiger partial charge on any atom is 0.266 e. The van der Waals surface area contributed by atoms with Crippen LogP contribution in [0.2, 0.25) is 10.0 Å². The lowest BCUT2D eigenvalue weighted by Crippen LogP contribution is -2.13. The van der Waals surface area contributed by atoms with Gasteiger partial charge >= 0.3 is 0 Å². The summed E-state index contributed by atoms with van der Waals surface area (Å²) in [5.74, 6) is 1.78. The van der Waals surface area contributed by atoms with E-state index in [1.54, 1.807) is 30.3 Å².